The molecule has 3 aromatic rings. The Morgan fingerprint density at radius 1 is 1.10 bits per heavy atom. The molecule has 11 heteroatoms. The van der Waals surface area contributed by atoms with Gasteiger partial charge in [0, 0.05) is 62.0 Å². The van der Waals surface area contributed by atoms with Crippen molar-refractivity contribution in [3.05, 3.63) is 47.9 Å². The minimum atomic E-state index is -0.512. The molecule has 3 fully saturated rings. The fourth-order valence-corrected chi connectivity index (χ4v) is 5.72. The molecular weight excluding hydrogens is 508 g/mol. The van der Waals surface area contributed by atoms with Crippen LogP contribution in [0, 0.1) is 17.3 Å². The van der Waals surface area contributed by atoms with Gasteiger partial charge in [0.05, 0.1) is 13.3 Å². The number of nitrogens with zero attached hydrogens (tertiary/aromatic N) is 7. The highest BCUT2D eigenvalue weighted by Crippen LogP contribution is 2.48. The Bertz CT molecular complexity index is 1380. The first kappa shape index (κ1) is 26.5. The molecule has 0 aromatic carbocycles. The number of rotatable bonds is 7. The zero-order valence-corrected chi connectivity index (χ0v) is 23.9. The lowest BCUT2D eigenvalue weighted by molar-refractivity contribution is 0.0748. The number of amides is 1. The summed E-state index contributed by atoms with van der Waals surface area (Å²) in [7, 11) is 1.50. The van der Waals surface area contributed by atoms with Gasteiger partial charge in [0.25, 0.3) is 11.9 Å². The van der Waals surface area contributed by atoms with E-state index >= 15 is 0 Å². The van der Waals surface area contributed by atoms with Gasteiger partial charge in [0.15, 0.2) is 0 Å². The Hall–Kier alpha value is -3.73. The number of fused-ring (bicyclic) bond motifs is 1. The Morgan fingerprint density at radius 2 is 1.77 bits per heavy atom. The van der Waals surface area contributed by atoms with E-state index in [-0.39, 0.29) is 29.7 Å². The third-order valence-corrected chi connectivity index (χ3v) is 8.49. The second kappa shape index (κ2) is 9.72. The summed E-state index contributed by atoms with van der Waals surface area (Å²) in [5.41, 5.74) is 7.74. The number of carbonyl (C=O) groups excluding carboxylic acids is 1. The zero-order chi connectivity index (χ0) is 28.2. The summed E-state index contributed by atoms with van der Waals surface area (Å²) in [4.78, 5) is 30.9. The van der Waals surface area contributed by atoms with E-state index in [2.05, 4.69) is 39.9 Å². The van der Waals surface area contributed by atoms with Gasteiger partial charge in [-0.3, -0.25) is 4.79 Å². The third-order valence-electron chi connectivity index (χ3n) is 8.49. The molecule has 1 aliphatic carbocycles. The van der Waals surface area contributed by atoms with Crippen molar-refractivity contribution in [1.29, 1.82) is 0 Å². The number of likely N-dealkylation sites (tertiary alicyclic amines) is 1. The molecule has 2 saturated heterocycles. The van der Waals surface area contributed by atoms with Crippen molar-refractivity contribution in [3.8, 4) is 17.7 Å². The summed E-state index contributed by atoms with van der Waals surface area (Å²) < 4.78 is 13.3. The molecule has 0 radical (unpaired) electrons. The van der Waals surface area contributed by atoms with Gasteiger partial charge >= 0.3 is 0 Å². The predicted molar refractivity (Wildman–Crippen MR) is 150 cm³/mol. The average Bonchev–Trinajstić information content (AvgIpc) is 3.27. The molecule has 0 unspecified atom stereocenters. The fourth-order valence-electron chi connectivity index (χ4n) is 5.72. The Labute approximate surface area is 234 Å². The van der Waals surface area contributed by atoms with E-state index in [1.54, 1.807) is 24.7 Å². The number of carbonyl (C=O) groups is 1. The predicted octanol–water partition coefficient (Wildman–Crippen LogP) is 3.04. The molecule has 1 amide bonds. The maximum Gasteiger partial charge on any atom is 0.261 e. The van der Waals surface area contributed by atoms with Crippen molar-refractivity contribution >= 4 is 11.7 Å². The number of ether oxygens (including phenoxy) is 2. The summed E-state index contributed by atoms with van der Waals surface area (Å²) in [5, 5.41) is 4.35. The number of pyridine rings is 1. The molecule has 40 heavy (non-hydrogen) atoms. The van der Waals surface area contributed by atoms with E-state index in [1.165, 1.54) is 11.8 Å². The SMILES string of the molecule is COc1nn(-c2ncccn2)cc1C(=O)N1C[C@@H]2[C@H](C1)[C@@H]2Oc1cc(C(C)(C)N)cc(N2CCC(C)(C)CC2)n1. The van der Waals surface area contributed by atoms with Crippen LogP contribution in [-0.4, -0.2) is 74.9 Å². The Balaban J connectivity index is 1.14. The van der Waals surface area contributed by atoms with Gasteiger partial charge in [-0.25, -0.2) is 14.6 Å². The van der Waals surface area contributed by atoms with Crippen LogP contribution in [0.15, 0.2) is 36.8 Å². The van der Waals surface area contributed by atoms with Crippen LogP contribution in [0.1, 0.15) is 56.5 Å². The highest BCUT2D eigenvalue weighted by molar-refractivity contribution is 5.96. The minimum absolute atomic E-state index is 0.0307. The molecule has 11 nitrogen and oxygen atoms in total. The van der Waals surface area contributed by atoms with Crippen molar-refractivity contribution < 1.29 is 14.3 Å². The number of hydrogen-bond acceptors (Lipinski definition) is 9. The van der Waals surface area contributed by atoms with Gasteiger partial charge in [-0.1, -0.05) is 13.8 Å². The highest BCUT2D eigenvalue weighted by atomic mass is 16.5. The van der Waals surface area contributed by atoms with E-state index in [4.69, 9.17) is 20.2 Å². The second-order valence-electron chi connectivity index (χ2n) is 12.6. The lowest BCUT2D eigenvalue weighted by Gasteiger charge is -2.38. The van der Waals surface area contributed by atoms with Gasteiger partial charge in [0.2, 0.25) is 11.8 Å². The number of methoxy groups -OCH3 is 1. The normalized spacial score (nSPS) is 23.6. The van der Waals surface area contributed by atoms with Crippen LogP contribution in [0.4, 0.5) is 5.82 Å². The van der Waals surface area contributed by atoms with E-state index in [0.717, 1.165) is 37.3 Å². The van der Waals surface area contributed by atoms with Crippen LogP contribution in [0.2, 0.25) is 0 Å². The number of piperidine rings is 2. The lowest BCUT2D eigenvalue weighted by Crippen LogP contribution is -2.38. The molecule has 0 bridgehead atoms. The van der Waals surface area contributed by atoms with E-state index in [1.807, 2.05) is 24.8 Å². The first-order valence-corrected chi connectivity index (χ1v) is 14.0. The van der Waals surface area contributed by atoms with Gasteiger partial charge < -0.3 is 25.0 Å². The first-order chi connectivity index (χ1) is 19.0. The van der Waals surface area contributed by atoms with E-state index < -0.39 is 5.54 Å². The van der Waals surface area contributed by atoms with Crippen LogP contribution in [-0.2, 0) is 5.54 Å². The molecule has 1 saturated carbocycles. The van der Waals surface area contributed by atoms with Crippen LogP contribution in [0.3, 0.4) is 0 Å². The van der Waals surface area contributed by atoms with Crippen molar-refractivity contribution in [2.45, 2.75) is 52.2 Å². The Kier molecular flexibility index (Phi) is 6.44. The second-order valence-corrected chi connectivity index (χ2v) is 12.6. The van der Waals surface area contributed by atoms with Crippen LogP contribution < -0.4 is 20.1 Å². The minimum Gasteiger partial charge on any atom is -0.479 e. The Morgan fingerprint density at radius 3 is 2.40 bits per heavy atom. The van der Waals surface area contributed by atoms with Crippen molar-refractivity contribution in [1.82, 2.24) is 29.6 Å². The first-order valence-electron chi connectivity index (χ1n) is 14.0. The molecule has 5 heterocycles. The standard InChI is InChI=1S/C29H38N8O3/c1-28(2)7-11-35(12-8-28)22-13-18(29(3,4)30)14-23(33-22)40-24-19-15-36(16-20(19)24)26(38)21-17-37(34-25(21)39-5)27-31-9-6-10-32-27/h6,9-10,13-14,17,19-20,24H,7-8,11-12,15-16,30H2,1-5H3/t19-,20+,24-. The van der Waals surface area contributed by atoms with Crippen LogP contribution in [0.5, 0.6) is 11.8 Å². The fraction of sp³-hybridized carbons (Fsp3) is 0.552. The number of anilines is 1. The molecule has 3 atom stereocenters. The largest absolute Gasteiger partial charge is 0.479 e. The molecule has 212 valence electrons. The van der Waals surface area contributed by atoms with Crippen molar-refractivity contribution in [2.24, 2.45) is 23.0 Å². The molecule has 6 rings (SSSR count). The summed E-state index contributed by atoms with van der Waals surface area (Å²) in [5.74, 6) is 2.57. The topological polar surface area (TPSA) is 125 Å². The molecular formula is C29H38N8O3. The monoisotopic (exact) mass is 546 g/mol. The maximum absolute atomic E-state index is 13.4. The van der Waals surface area contributed by atoms with Crippen LogP contribution >= 0.6 is 0 Å². The molecule has 2 N–H and O–H groups in total. The highest BCUT2D eigenvalue weighted by Gasteiger charge is 2.59. The molecule has 3 aliphatic rings. The smallest absolute Gasteiger partial charge is 0.261 e. The van der Waals surface area contributed by atoms with E-state index in [9.17, 15) is 4.79 Å². The molecule has 3 aromatic heterocycles. The van der Waals surface area contributed by atoms with Gasteiger partial charge in [-0.15, -0.1) is 5.10 Å². The number of hydrogen-bond donors (Lipinski definition) is 1. The van der Waals surface area contributed by atoms with Gasteiger partial charge in [-0.05, 0) is 49.8 Å². The van der Waals surface area contributed by atoms with Crippen molar-refractivity contribution in [2.75, 3.05) is 38.2 Å². The van der Waals surface area contributed by atoms with E-state index in [0.29, 0.717) is 35.9 Å². The third kappa shape index (κ3) is 5.10. The number of aromatic nitrogens is 5. The van der Waals surface area contributed by atoms with Gasteiger partial charge in [-0.2, -0.15) is 4.98 Å². The summed E-state index contributed by atoms with van der Waals surface area (Å²) in [6.07, 6.45) is 7.16. The van der Waals surface area contributed by atoms with Crippen molar-refractivity contribution in [3.63, 3.8) is 0 Å². The summed E-state index contributed by atoms with van der Waals surface area (Å²) in [6.45, 7) is 11.8. The van der Waals surface area contributed by atoms with Crippen LogP contribution in [0.25, 0.3) is 5.95 Å². The van der Waals surface area contributed by atoms with Gasteiger partial charge in [0.1, 0.15) is 17.5 Å². The quantitative estimate of drug-likeness (QED) is 0.476. The molecule has 0 spiro atoms. The summed E-state index contributed by atoms with van der Waals surface area (Å²) >= 11 is 0. The zero-order valence-electron chi connectivity index (χ0n) is 23.9. The summed E-state index contributed by atoms with van der Waals surface area (Å²) in [6, 6.07) is 5.80. The lowest BCUT2D eigenvalue weighted by atomic mass is 9.82. The number of nitrogens with two attached hydrogens (primary N) is 1. The molecule has 2 aliphatic heterocycles. The average molecular weight is 547 g/mol. The maximum atomic E-state index is 13.4.